The molecule has 0 amide bonds. The fourth-order valence-electron chi connectivity index (χ4n) is 3.45. The molecule has 1 rings (SSSR count). The summed E-state index contributed by atoms with van der Waals surface area (Å²) in [7, 11) is -4.27. The SMILES string of the molecule is CCCCCCCCCCCCCCCOCCCOP(=O)(O)Oc1ccc([N+](=O)[O-])cc1. The molecule has 0 aromatic heterocycles. The van der Waals surface area contributed by atoms with Crippen molar-refractivity contribution in [3.63, 3.8) is 0 Å². The molecule has 8 nitrogen and oxygen atoms in total. The standard InChI is InChI=1S/C24H42NO7P/c1-2-3-4-5-6-7-8-9-10-11-12-13-14-20-30-21-15-22-31-33(28,29)32-24-18-16-23(17-19-24)25(26)27/h16-19H,2-15,20-22H2,1H3,(H,28,29). The topological polar surface area (TPSA) is 108 Å². The number of phosphoric ester groups is 1. The number of ether oxygens (including phenoxy) is 1. The minimum absolute atomic E-state index is 0.0271. The fourth-order valence-corrected chi connectivity index (χ4v) is 4.25. The van der Waals surface area contributed by atoms with Gasteiger partial charge in [0.15, 0.2) is 0 Å². The van der Waals surface area contributed by atoms with E-state index in [1.165, 1.54) is 101 Å². The van der Waals surface area contributed by atoms with Crippen LogP contribution in [0.5, 0.6) is 5.75 Å². The number of hydrogen-bond acceptors (Lipinski definition) is 6. The second kappa shape index (κ2) is 18.9. The molecular formula is C24H42NO7P. The van der Waals surface area contributed by atoms with E-state index >= 15 is 0 Å². The van der Waals surface area contributed by atoms with Gasteiger partial charge >= 0.3 is 7.82 Å². The second-order valence-electron chi connectivity index (χ2n) is 8.35. The molecule has 1 N–H and O–H groups in total. The molecule has 1 aromatic carbocycles. The Hall–Kier alpha value is -1.47. The first-order valence-corrected chi connectivity index (χ1v) is 13.9. The number of non-ortho nitro benzene ring substituents is 1. The van der Waals surface area contributed by atoms with Crippen molar-refractivity contribution in [1.82, 2.24) is 0 Å². The summed E-state index contributed by atoms with van der Waals surface area (Å²) in [6.45, 7) is 3.42. The van der Waals surface area contributed by atoms with Crippen LogP contribution in [0.25, 0.3) is 0 Å². The highest BCUT2D eigenvalue weighted by atomic mass is 31.2. The van der Waals surface area contributed by atoms with Crippen LogP contribution in [0.15, 0.2) is 24.3 Å². The van der Waals surface area contributed by atoms with Gasteiger partial charge in [-0.1, -0.05) is 84.0 Å². The van der Waals surface area contributed by atoms with Crippen LogP contribution in [0.3, 0.4) is 0 Å². The van der Waals surface area contributed by atoms with Gasteiger partial charge in [0.1, 0.15) is 5.75 Å². The van der Waals surface area contributed by atoms with Crippen molar-refractivity contribution < 1.29 is 28.2 Å². The Morgan fingerprint density at radius 1 is 0.788 bits per heavy atom. The van der Waals surface area contributed by atoms with Crippen LogP contribution >= 0.6 is 7.82 Å². The van der Waals surface area contributed by atoms with Crippen molar-refractivity contribution >= 4 is 13.5 Å². The van der Waals surface area contributed by atoms with E-state index < -0.39 is 12.7 Å². The summed E-state index contributed by atoms with van der Waals surface area (Å²) in [5.41, 5.74) is -0.128. The molecule has 0 aliphatic rings. The Balaban J connectivity index is 1.89. The van der Waals surface area contributed by atoms with E-state index in [4.69, 9.17) is 13.8 Å². The summed E-state index contributed by atoms with van der Waals surface area (Å²) in [6.07, 6.45) is 17.5. The molecule has 190 valence electrons. The molecule has 1 atom stereocenters. The van der Waals surface area contributed by atoms with Gasteiger partial charge in [-0.3, -0.25) is 19.5 Å². The lowest BCUT2D eigenvalue weighted by Crippen LogP contribution is -2.03. The number of nitrogens with zero attached hydrogens (tertiary/aromatic N) is 1. The van der Waals surface area contributed by atoms with Crippen LogP contribution in [0.2, 0.25) is 0 Å². The summed E-state index contributed by atoms with van der Waals surface area (Å²) in [6, 6.07) is 4.89. The van der Waals surface area contributed by atoms with Gasteiger partial charge in [0.2, 0.25) is 0 Å². The van der Waals surface area contributed by atoms with E-state index in [1.54, 1.807) is 0 Å². The molecular weight excluding hydrogens is 445 g/mol. The van der Waals surface area contributed by atoms with Crippen LogP contribution in [-0.4, -0.2) is 29.6 Å². The van der Waals surface area contributed by atoms with Crippen molar-refractivity contribution in [2.75, 3.05) is 19.8 Å². The second-order valence-corrected chi connectivity index (χ2v) is 9.73. The van der Waals surface area contributed by atoms with Crippen molar-refractivity contribution in [3.05, 3.63) is 34.4 Å². The van der Waals surface area contributed by atoms with Crippen LogP contribution < -0.4 is 4.52 Å². The van der Waals surface area contributed by atoms with Gasteiger partial charge in [-0.25, -0.2) is 4.57 Å². The van der Waals surface area contributed by atoms with Crippen LogP contribution in [0.1, 0.15) is 96.8 Å². The predicted molar refractivity (Wildman–Crippen MR) is 131 cm³/mol. The van der Waals surface area contributed by atoms with Gasteiger partial charge in [0.05, 0.1) is 11.5 Å². The zero-order valence-corrected chi connectivity index (χ0v) is 21.0. The molecule has 0 fully saturated rings. The molecule has 1 aromatic rings. The third-order valence-electron chi connectivity index (χ3n) is 5.35. The number of phosphoric acid groups is 1. The van der Waals surface area contributed by atoms with Gasteiger partial charge < -0.3 is 9.26 Å². The first-order valence-electron chi connectivity index (χ1n) is 12.4. The molecule has 0 spiro atoms. The first-order chi connectivity index (χ1) is 15.9. The largest absolute Gasteiger partial charge is 0.527 e. The Morgan fingerprint density at radius 3 is 1.79 bits per heavy atom. The third-order valence-corrected chi connectivity index (χ3v) is 6.30. The summed E-state index contributed by atoms with van der Waals surface area (Å²) < 4.78 is 27.3. The Morgan fingerprint density at radius 2 is 1.27 bits per heavy atom. The summed E-state index contributed by atoms with van der Waals surface area (Å²) >= 11 is 0. The predicted octanol–water partition coefficient (Wildman–Crippen LogP) is 7.59. The van der Waals surface area contributed by atoms with Gasteiger partial charge in [0.25, 0.3) is 5.69 Å². The lowest BCUT2D eigenvalue weighted by atomic mass is 10.0. The Labute approximate surface area is 198 Å². The van der Waals surface area contributed by atoms with Crippen molar-refractivity contribution in [3.8, 4) is 5.75 Å². The maximum absolute atomic E-state index is 11.9. The maximum Gasteiger partial charge on any atom is 0.527 e. The van der Waals surface area contributed by atoms with E-state index in [0.717, 1.165) is 6.42 Å². The number of hydrogen-bond donors (Lipinski definition) is 1. The van der Waals surface area contributed by atoms with Gasteiger partial charge in [-0.2, -0.15) is 0 Å². The number of nitro benzene ring substituents is 1. The van der Waals surface area contributed by atoms with E-state index in [-0.39, 0.29) is 18.0 Å². The molecule has 33 heavy (non-hydrogen) atoms. The lowest BCUT2D eigenvalue weighted by Gasteiger charge is -2.13. The highest BCUT2D eigenvalue weighted by Gasteiger charge is 2.23. The number of rotatable bonds is 22. The zero-order valence-electron chi connectivity index (χ0n) is 20.1. The van der Waals surface area contributed by atoms with Gasteiger partial charge in [-0.15, -0.1) is 0 Å². The number of nitro groups is 1. The monoisotopic (exact) mass is 487 g/mol. The average Bonchev–Trinajstić information content (AvgIpc) is 2.78. The molecule has 0 radical (unpaired) electrons. The summed E-state index contributed by atoms with van der Waals surface area (Å²) in [4.78, 5) is 19.8. The number of unbranched alkanes of at least 4 members (excludes halogenated alkanes) is 12. The molecule has 0 aliphatic carbocycles. The van der Waals surface area contributed by atoms with E-state index in [0.29, 0.717) is 19.6 Å². The number of benzene rings is 1. The van der Waals surface area contributed by atoms with Crippen LogP contribution in [0.4, 0.5) is 5.69 Å². The van der Waals surface area contributed by atoms with E-state index in [1.807, 2.05) is 0 Å². The van der Waals surface area contributed by atoms with Crippen molar-refractivity contribution in [1.29, 1.82) is 0 Å². The van der Waals surface area contributed by atoms with Crippen molar-refractivity contribution in [2.45, 2.75) is 96.8 Å². The zero-order chi connectivity index (χ0) is 24.2. The molecule has 0 heterocycles. The molecule has 0 bridgehead atoms. The Bertz CT molecular complexity index is 669. The summed E-state index contributed by atoms with van der Waals surface area (Å²) in [5, 5.41) is 10.6. The van der Waals surface area contributed by atoms with Gasteiger partial charge in [0, 0.05) is 25.3 Å². The minimum Gasteiger partial charge on any atom is -0.404 e. The highest BCUT2D eigenvalue weighted by Crippen LogP contribution is 2.44. The maximum atomic E-state index is 11.9. The van der Waals surface area contributed by atoms with Crippen LogP contribution in [0, 0.1) is 10.1 Å². The first kappa shape index (κ1) is 29.6. The third kappa shape index (κ3) is 16.7. The van der Waals surface area contributed by atoms with Crippen LogP contribution in [-0.2, 0) is 13.8 Å². The minimum atomic E-state index is -4.27. The highest BCUT2D eigenvalue weighted by molar-refractivity contribution is 7.47. The summed E-state index contributed by atoms with van der Waals surface area (Å²) in [5.74, 6) is 0.0325. The molecule has 9 heteroatoms. The van der Waals surface area contributed by atoms with Crippen molar-refractivity contribution in [2.24, 2.45) is 0 Å². The quantitative estimate of drug-likeness (QED) is 0.0776. The average molecular weight is 488 g/mol. The lowest BCUT2D eigenvalue weighted by molar-refractivity contribution is -0.384. The molecule has 1 unspecified atom stereocenters. The van der Waals surface area contributed by atoms with Gasteiger partial charge in [-0.05, 0) is 25.0 Å². The molecule has 0 aliphatic heterocycles. The Kier molecular flexibility index (Phi) is 16.9. The smallest absolute Gasteiger partial charge is 0.404 e. The van der Waals surface area contributed by atoms with E-state index in [9.17, 15) is 19.6 Å². The molecule has 0 saturated heterocycles. The van der Waals surface area contributed by atoms with E-state index in [2.05, 4.69) is 6.92 Å². The fraction of sp³-hybridized carbons (Fsp3) is 0.750. The normalized spacial score (nSPS) is 13.0. The molecule has 0 saturated carbocycles.